The summed E-state index contributed by atoms with van der Waals surface area (Å²) >= 11 is 1.64. The maximum absolute atomic E-state index is 12.2. The summed E-state index contributed by atoms with van der Waals surface area (Å²) in [6, 6.07) is 24.2. The zero-order valence-corrected chi connectivity index (χ0v) is 19.6. The van der Waals surface area contributed by atoms with Gasteiger partial charge in [-0.1, -0.05) is 66.2 Å². The Morgan fingerprint density at radius 3 is 2.36 bits per heavy atom. The van der Waals surface area contributed by atoms with E-state index in [1.54, 1.807) is 23.5 Å². The number of nitrogens with one attached hydrogen (secondary N) is 1. The molecule has 3 aromatic carbocycles. The lowest BCUT2D eigenvalue weighted by Crippen LogP contribution is -2.20. The lowest BCUT2D eigenvalue weighted by atomic mass is 10.1. The Labute approximate surface area is 198 Å². The minimum absolute atomic E-state index is 0.129. The van der Waals surface area contributed by atoms with Gasteiger partial charge in [-0.2, -0.15) is 0 Å². The van der Waals surface area contributed by atoms with Crippen LogP contribution in [0.5, 0.6) is 5.75 Å². The van der Waals surface area contributed by atoms with Gasteiger partial charge in [-0.05, 0) is 43.2 Å². The van der Waals surface area contributed by atoms with Crippen molar-refractivity contribution in [2.45, 2.75) is 20.4 Å². The first kappa shape index (κ1) is 22.5. The number of aromatic nitrogens is 1. The normalized spacial score (nSPS) is 11.0. The third-order valence-corrected chi connectivity index (χ3v) is 6.03. The van der Waals surface area contributed by atoms with Crippen LogP contribution in [0.4, 0.5) is 0 Å². The second kappa shape index (κ2) is 10.7. The first-order chi connectivity index (χ1) is 16.1. The molecule has 1 heterocycles. The molecule has 0 saturated heterocycles. The first-order valence-corrected chi connectivity index (χ1v) is 11.8. The zero-order chi connectivity index (χ0) is 23.0. The number of nitrogens with zero attached hydrogens (tertiary/aromatic N) is 1. The summed E-state index contributed by atoms with van der Waals surface area (Å²) in [4.78, 5) is 17.0. The number of rotatable bonds is 8. The van der Waals surface area contributed by atoms with Crippen molar-refractivity contribution in [1.29, 1.82) is 0 Å². The average Bonchev–Trinajstić information content (AvgIpc) is 3.34. The van der Waals surface area contributed by atoms with Gasteiger partial charge in [0.25, 0.3) is 0 Å². The predicted octanol–water partition coefficient (Wildman–Crippen LogP) is 6.51. The minimum Gasteiger partial charge on any atom is -0.494 e. The van der Waals surface area contributed by atoms with Crippen molar-refractivity contribution in [3.05, 3.63) is 101 Å². The van der Waals surface area contributed by atoms with E-state index in [1.165, 1.54) is 5.56 Å². The van der Waals surface area contributed by atoms with Crippen molar-refractivity contribution >= 4 is 23.3 Å². The molecule has 1 amide bonds. The topological polar surface area (TPSA) is 51.2 Å². The molecule has 4 aromatic rings. The fraction of sp³-hybridized carbons (Fsp3) is 0.143. The van der Waals surface area contributed by atoms with Crippen LogP contribution in [0.25, 0.3) is 27.9 Å². The minimum atomic E-state index is -0.129. The van der Waals surface area contributed by atoms with Gasteiger partial charge >= 0.3 is 0 Å². The van der Waals surface area contributed by atoms with Crippen LogP contribution in [0.1, 0.15) is 23.6 Å². The van der Waals surface area contributed by atoms with Crippen LogP contribution >= 0.6 is 11.3 Å². The Bertz CT molecular complexity index is 1220. The van der Waals surface area contributed by atoms with Crippen molar-refractivity contribution in [2.24, 2.45) is 0 Å². The first-order valence-electron chi connectivity index (χ1n) is 10.9. The Balaban J connectivity index is 1.31. The third-order valence-electron chi connectivity index (χ3n) is 5.14. The molecular weight excluding hydrogens is 428 g/mol. The van der Waals surface area contributed by atoms with E-state index in [2.05, 4.69) is 54.0 Å². The molecule has 5 heteroatoms. The van der Waals surface area contributed by atoms with Crippen LogP contribution in [-0.4, -0.2) is 17.5 Å². The number of hydrogen-bond donors (Lipinski definition) is 1. The average molecular weight is 455 g/mol. The SMILES string of the molecule is CCOc1ccc(/C=C/C(=O)NCc2ccc(-c3nc(-c4ccc(C)cc4)cs3)cc2)cc1. The standard InChI is InChI=1S/C28H26N2O2S/c1-3-32-25-15-8-21(9-16-25)10-17-27(31)29-18-22-6-13-24(14-7-22)28-30-26(19-33-28)23-11-4-20(2)5-12-23/h4-17,19H,3,18H2,1-2H3,(H,29,31)/b17-10+. The van der Waals surface area contributed by atoms with E-state index in [-0.39, 0.29) is 5.91 Å². The molecule has 4 rings (SSSR count). The van der Waals surface area contributed by atoms with Crippen molar-refractivity contribution in [3.63, 3.8) is 0 Å². The predicted molar refractivity (Wildman–Crippen MR) is 136 cm³/mol. The number of thiazole rings is 1. The van der Waals surface area contributed by atoms with Gasteiger partial charge in [0.1, 0.15) is 10.8 Å². The Hall–Kier alpha value is -3.70. The van der Waals surface area contributed by atoms with Gasteiger partial charge < -0.3 is 10.1 Å². The highest BCUT2D eigenvalue weighted by Crippen LogP contribution is 2.29. The van der Waals surface area contributed by atoms with Crippen LogP contribution in [0.2, 0.25) is 0 Å². The molecule has 0 aliphatic carbocycles. The molecular formula is C28H26N2O2S. The summed E-state index contributed by atoms with van der Waals surface area (Å²) in [6.45, 7) is 5.14. The molecule has 0 unspecified atom stereocenters. The summed E-state index contributed by atoms with van der Waals surface area (Å²) in [5.41, 5.74) is 6.42. The molecule has 0 aliphatic rings. The number of carbonyl (C=O) groups is 1. The van der Waals surface area contributed by atoms with E-state index >= 15 is 0 Å². The van der Waals surface area contributed by atoms with Crippen molar-refractivity contribution in [1.82, 2.24) is 10.3 Å². The van der Waals surface area contributed by atoms with E-state index in [0.717, 1.165) is 38.7 Å². The maximum atomic E-state index is 12.2. The number of benzene rings is 3. The molecule has 166 valence electrons. The highest BCUT2D eigenvalue weighted by molar-refractivity contribution is 7.13. The summed E-state index contributed by atoms with van der Waals surface area (Å²) in [6.07, 6.45) is 3.34. The quantitative estimate of drug-likeness (QED) is 0.309. The van der Waals surface area contributed by atoms with Crippen molar-refractivity contribution in [2.75, 3.05) is 6.61 Å². The molecule has 0 saturated carbocycles. The van der Waals surface area contributed by atoms with Gasteiger partial charge in [-0.3, -0.25) is 4.79 Å². The number of amides is 1. The van der Waals surface area contributed by atoms with Gasteiger partial charge in [0, 0.05) is 29.1 Å². The highest BCUT2D eigenvalue weighted by atomic mass is 32.1. The van der Waals surface area contributed by atoms with Crippen LogP contribution < -0.4 is 10.1 Å². The van der Waals surface area contributed by atoms with Gasteiger partial charge in [-0.15, -0.1) is 11.3 Å². The summed E-state index contributed by atoms with van der Waals surface area (Å²) in [7, 11) is 0. The third kappa shape index (κ3) is 6.18. The smallest absolute Gasteiger partial charge is 0.244 e. The van der Waals surface area contributed by atoms with E-state index in [0.29, 0.717) is 13.2 Å². The van der Waals surface area contributed by atoms with Gasteiger partial charge in [0.15, 0.2) is 0 Å². The summed E-state index contributed by atoms with van der Waals surface area (Å²) < 4.78 is 5.43. The van der Waals surface area contributed by atoms with Gasteiger partial charge in [-0.25, -0.2) is 4.98 Å². The zero-order valence-electron chi connectivity index (χ0n) is 18.7. The summed E-state index contributed by atoms with van der Waals surface area (Å²) in [5.74, 6) is 0.697. The molecule has 1 N–H and O–H groups in total. The largest absolute Gasteiger partial charge is 0.494 e. The summed E-state index contributed by atoms with van der Waals surface area (Å²) in [5, 5.41) is 6.00. The molecule has 1 aromatic heterocycles. The fourth-order valence-electron chi connectivity index (χ4n) is 3.29. The lowest BCUT2D eigenvalue weighted by molar-refractivity contribution is -0.116. The molecule has 0 atom stereocenters. The monoisotopic (exact) mass is 454 g/mol. The fourth-order valence-corrected chi connectivity index (χ4v) is 4.13. The highest BCUT2D eigenvalue weighted by Gasteiger charge is 2.07. The van der Waals surface area contributed by atoms with Crippen LogP contribution in [0.15, 0.2) is 84.3 Å². The molecule has 0 radical (unpaired) electrons. The van der Waals surface area contributed by atoms with E-state index in [1.807, 2.05) is 43.3 Å². The Morgan fingerprint density at radius 1 is 0.970 bits per heavy atom. The number of aryl methyl sites for hydroxylation is 1. The Kier molecular flexibility index (Phi) is 7.33. The second-order valence-corrected chi connectivity index (χ2v) is 8.51. The molecule has 0 aliphatic heterocycles. The van der Waals surface area contributed by atoms with Crippen molar-refractivity contribution in [3.8, 4) is 27.6 Å². The van der Waals surface area contributed by atoms with Crippen LogP contribution in [0.3, 0.4) is 0 Å². The molecule has 0 fully saturated rings. The maximum Gasteiger partial charge on any atom is 0.244 e. The van der Waals surface area contributed by atoms with E-state index in [4.69, 9.17) is 9.72 Å². The molecule has 4 nitrogen and oxygen atoms in total. The van der Waals surface area contributed by atoms with E-state index < -0.39 is 0 Å². The molecule has 0 bridgehead atoms. The number of hydrogen-bond acceptors (Lipinski definition) is 4. The van der Waals surface area contributed by atoms with Crippen LogP contribution in [0, 0.1) is 6.92 Å². The van der Waals surface area contributed by atoms with Crippen molar-refractivity contribution < 1.29 is 9.53 Å². The molecule has 33 heavy (non-hydrogen) atoms. The Morgan fingerprint density at radius 2 is 1.67 bits per heavy atom. The van der Waals surface area contributed by atoms with Gasteiger partial charge in [0.05, 0.1) is 12.3 Å². The van der Waals surface area contributed by atoms with E-state index in [9.17, 15) is 4.79 Å². The number of carbonyl (C=O) groups excluding carboxylic acids is 1. The molecule has 0 spiro atoms. The van der Waals surface area contributed by atoms with Gasteiger partial charge in [0.2, 0.25) is 5.91 Å². The lowest BCUT2D eigenvalue weighted by Gasteiger charge is -2.04. The van der Waals surface area contributed by atoms with Crippen LogP contribution in [-0.2, 0) is 11.3 Å². The second-order valence-electron chi connectivity index (χ2n) is 7.65. The number of ether oxygens (including phenoxy) is 1.